The van der Waals surface area contributed by atoms with Gasteiger partial charge in [-0.1, -0.05) is 29.4 Å². The van der Waals surface area contributed by atoms with Crippen LogP contribution in [0.15, 0.2) is 53.1 Å². The van der Waals surface area contributed by atoms with Crippen LogP contribution in [0.1, 0.15) is 35.1 Å². The molecule has 0 fully saturated rings. The summed E-state index contributed by atoms with van der Waals surface area (Å²) < 4.78 is 27.4. The van der Waals surface area contributed by atoms with E-state index in [-0.39, 0.29) is 6.61 Å². The Labute approximate surface area is 187 Å². The van der Waals surface area contributed by atoms with E-state index in [2.05, 4.69) is 5.16 Å². The lowest BCUT2D eigenvalue weighted by atomic mass is 10.2. The number of methoxy groups -OCH3 is 1. The molecule has 2 aromatic carbocycles. The van der Waals surface area contributed by atoms with Crippen molar-refractivity contribution < 1.29 is 28.3 Å². The first-order valence-electron chi connectivity index (χ1n) is 10.3. The van der Waals surface area contributed by atoms with Gasteiger partial charge >= 0.3 is 5.97 Å². The maximum atomic E-state index is 12.2. The molecule has 0 saturated carbocycles. The van der Waals surface area contributed by atoms with E-state index in [0.29, 0.717) is 30.5 Å². The second-order valence-corrected chi connectivity index (χ2v) is 6.98. The minimum atomic E-state index is -0.450. The van der Waals surface area contributed by atoms with Crippen molar-refractivity contribution in [2.24, 2.45) is 0 Å². The maximum absolute atomic E-state index is 12.2. The highest BCUT2D eigenvalue weighted by atomic mass is 16.5. The Kier molecular flexibility index (Phi) is 7.91. The van der Waals surface area contributed by atoms with Crippen LogP contribution in [0.5, 0.6) is 17.2 Å². The lowest BCUT2D eigenvalue weighted by Gasteiger charge is -2.11. The van der Waals surface area contributed by atoms with Crippen LogP contribution in [0, 0.1) is 13.8 Å². The number of para-hydroxylation sites is 1. The summed E-state index contributed by atoms with van der Waals surface area (Å²) in [5.74, 6) is 2.12. The number of benzene rings is 2. The molecule has 7 heteroatoms. The highest BCUT2D eigenvalue weighted by Crippen LogP contribution is 2.30. The Morgan fingerprint density at radius 2 is 1.84 bits per heavy atom. The Bertz CT molecular complexity index is 1070. The van der Waals surface area contributed by atoms with Gasteiger partial charge in [-0.2, -0.15) is 0 Å². The van der Waals surface area contributed by atoms with Gasteiger partial charge in [0, 0.05) is 11.6 Å². The summed E-state index contributed by atoms with van der Waals surface area (Å²) in [7, 11) is 1.57. The number of hydrogen-bond acceptors (Lipinski definition) is 7. The Hall–Kier alpha value is -3.74. The van der Waals surface area contributed by atoms with Crippen LogP contribution in [0.4, 0.5) is 0 Å². The van der Waals surface area contributed by atoms with Gasteiger partial charge in [0.25, 0.3) is 0 Å². The van der Waals surface area contributed by atoms with Crippen LogP contribution in [0.3, 0.4) is 0 Å². The third-order valence-electron chi connectivity index (χ3n) is 4.80. The van der Waals surface area contributed by atoms with Gasteiger partial charge in [0.1, 0.15) is 24.7 Å². The molecule has 0 aliphatic rings. The number of esters is 1. The molecule has 7 nitrogen and oxygen atoms in total. The van der Waals surface area contributed by atoms with Gasteiger partial charge in [-0.3, -0.25) is 0 Å². The fourth-order valence-corrected chi connectivity index (χ4v) is 3.05. The first-order chi connectivity index (χ1) is 15.5. The number of rotatable bonds is 10. The fraction of sp³-hybridized carbons (Fsp3) is 0.280. The molecule has 0 amide bonds. The van der Waals surface area contributed by atoms with E-state index in [1.54, 1.807) is 25.3 Å². The summed E-state index contributed by atoms with van der Waals surface area (Å²) in [6.07, 6.45) is 3.04. The van der Waals surface area contributed by atoms with Crippen LogP contribution in [-0.2, 0) is 22.7 Å². The molecule has 0 N–H and O–H groups in total. The molecule has 0 radical (unpaired) electrons. The minimum Gasteiger partial charge on any atom is -0.493 e. The van der Waals surface area contributed by atoms with Gasteiger partial charge in [0.15, 0.2) is 11.5 Å². The zero-order chi connectivity index (χ0) is 22.9. The molecule has 168 valence electrons. The molecule has 0 spiro atoms. The van der Waals surface area contributed by atoms with E-state index in [1.165, 1.54) is 6.08 Å². The molecule has 32 heavy (non-hydrogen) atoms. The predicted molar refractivity (Wildman–Crippen MR) is 120 cm³/mol. The Morgan fingerprint density at radius 3 is 2.56 bits per heavy atom. The van der Waals surface area contributed by atoms with Crippen LogP contribution >= 0.6 is 0 Å². The first kappa shape index (κ1) is 22.9. The third kappa shape index (κ3) is 5.91. The van der Waals surface area contributed by atoms with Crippen molar-refractivity contribution in [2.75, 3.05) is 13.7 Å². The zero-order valence-corrected chi connectivity index (χ0v) is 18.7. The van der Waals surface area contributed by atoms with Gasteiger partial charge in [0.2, 0.25) is 0 Å². The summed E-state index contributed by atoms with van der Waals surface area (Å²) in [6, 6.07) is 12.9. The summed E-state index contributed by atoms with van der Waals surface area (Å²) in [5, 5.41) is 3.93. The summed E-state index contributed by atoms with van der Waals surface area (Å²) in [4.78, 5) is 12.2. The largest absolute Gasteiger partial charge is 0.493 e. The van der Waals surface area contributed by atoms with E-state index in [0.717, 1.165) is 28.1 Å². The topological polar surface area (TPSA) is 80.0 Å². The number of aromatic nitrogens is 1. The van der Waals surface area contributed by atoms with Crippen molar-refractivity contribution in [1.82, 2.24) is 5.16 Å². The molecule has 3 rings (SSSR count). The predicted octanol–water partition coefficient (Wildman–Crippen LogP) is 5.03. The molecule has 0 aliphatic carbocycles. The molecule has 1 heterocycles. The number of carbonyl (C=O) groups excluding carboxylic acids is 1. The van der Waals surface area contributed by atoms with E-state index in [4.69, 9.17) is 23.5 Å². The van der Waals surface area contributed by atoms with Crippen molar-refractivity contribution in [3.8, 4) is 17.2 Å². The minimum absolute atomic E-state index is 0.136. The van der Waals surface area contributed by atoms with Crippen molar-refractivity contribution >= 4 is 12.0 Å². The summed E-state index contributed by atoms with van der Waals surface area (Å²) in [5.41, 5.74) is 3.30. The standard InChI is InChI=1S/C25H27NO6/c1-5-29-22-9-7-6-8-20(22)15-31-25(27)13-11-19-10-12-23(24(14-19)28-4)30-16-21-17(2)26-32-18(21)3/h6-14H,5,15-16H2,1-4H3/b13-11+. The number of nitrogens with zero attached hydrogens (tertiary/aromatic N) is 1. The molecule has 0 unspecified atom stereocenters. The van der Waals surface area contributed by atoms with E-state index in [9.17, 15) is 4.79 Å². The number of aryl methyl sites for hydroxylation is 2. The number of carbonyl (C=O) groups is 1. The van der Waals surface area contributed by atoms with Crippen molar-refractivity contribution in [1.29, 1.82) is 0 Å². The molecule has 3 aromatic rings. The molecular weight excluding hydrogens is 410 g/mol. The molecule has 0 saturated heterocycles. The van der Waals surface area contributed by atoms with Crippen LogP contribution in [-0.4, -0.2) is 24.8 Å². The van der Waals surface area contributed by atoms with Gasteiger partial charge in [-0.05, 0) is 50.6 Å². The lowest BCUT2D eigenvalue weighted by molar-refractivity contribution is -0.138. The van der Waals surface area contributed by atoms with Crippen molar-refractivity contribution in [3.05, 3.63) is 76.7 Å². The molecule has 0 atom stereocenters. The highest BCUT2D eigenvalue weighted by molar-refractivity contribution is 5.87. The Morgan fingerprint density at radius 1 is 1.03 bits per heavy atom. The quantitative estimate of drug-likeness (QED) is 0.325. The first-order valence-corrected chi connectivity index (χ1v) is 10.3. The fourth-order valence-electron chi connectivity index (χ4n) is 3.05. The molecule has 1 aromatic heterocycles. The van der Waals surface area contributed by atoms with Gasteiger partial charge in [0.05, 0.1) is 25.0 Å². The molecular formula is C25H27NO6. The van der Waals surface area contributed by atoms with Crippen molar-refractivity contribution in [3.63, 3.8) is 0 Å². The monoisotopic (exact) mass is 437 g/mol. The van der Waals surface area contributed by atoms with E-state index in [1.807, 2.05) is 51.1 Å². The van der Waals surface area contributed by atoms with E-state index < -0.39 is 5.97 Å². The maximum Gasteiger partial charge on any atom is 0.331 e. The average molecular weight is 437 g/mol. The second-order valence-electron chi connectivity index (χ2n) is 6.98. The van der Waals surface area contributed by atoms with E-state index >= 15 is 0 Å². The normalized spacial score (nSPS) is 10.9. The summed E-state index contributed by atoms with van der Waals surface area (Å²) >= 11 is 0. The van der Waals surface area contributed by atoms with Gasteiger partial charge < -0.3 is 23.5 Å². The molecule has 0 aliphatic heterocycles. The highest BCUT2D eigenvalue weighted by Gasteiger charge is 2.12. The summed E-state index contributed by atoms with van der Waals surface area (Å²) in [6.45, 7) is 6.63. The average Bonchev–Trinajstić information content (AvgIpc) is 3.13. The van der Waals surface area contributed by atoms with Gasteiger partial charge in [-0.25, -0.2) is 4.79 Å². The Balaban J connectivity index is 1.60. The zero-order valence-electron chi connectivity index (χ0n) is 18.7. The van der Waals surface area contributed by atoms with Crippen molar-refractivity contribution in [2.45, 2.75) is 34.0 Å². The SMILES string of the molecule is CCOc1ccccc1COC(=O)/C=C/c1ccc(OCc2c(C)noc2C)c(OC)c1. The second kappa shape index (κ2) is 11.0. The van der Waals surface area contributed by atoms with Crippen LogP contribution < -0.4 is 14.2 Å². The number of hydrogen-bond donors (Lipinski definition) is 0. The number of ether oxygens (including phenoxy) is 4. The smallest absolute Gasteiger partial charge is 0.331 e. The van der Waals surface area contributed by atoms with Crippen LogP contribution in [0.25, 0.3) is 6.08 Å². The molecule has 0 bridgehead atoms. The van der Waals surface area contributed by atoms with Crippen LogP contribution in [0.2, 0.25) is 0 Å². The third-order valence-corrected chi connectivity index (χ3v) is 4.80. The van der Waals surface area contributed by atoms with Gasteiger partial charge in [-0.15, -0.1) is 0 Å². The lowest BCUT2D eigenvalue weighted by Crippen LogP contribution is -2.03.